The summed E-state index contributed by atoms with van der Waals surface area (Å²) in [5.41, 5.74) is 5.61. The first-order chi connectivity index (χ1) is 7.63. The Labute approximate surface area is 96.0 Å². The van der Waals surface area contributed by atoms with Crippen molar-refractivity contribution in [1.82, 2.24) is 14.8 Å². The van der Waals surface area contributed by atoms with Crippen LogP contribution in [0.4, 0.5) is 0 Å². The Morgan fingerprint density at radius 2 is 2.38 bits per heavy atom. The van der Waals surface area contributed by atoms with E-state index >= 15 is 0 Å². The Bertz CT molecular complexity index is 332. The van der Waals surface area contributed by atoms with Gasteiger partial charge in [0, 0.05) is 19.0 Å². The second-order valence-corrected chi connectivity index (χ2v) is 4.13. The summed E-state index contributed by atoms with van der Waals surface area (Å²) in [6.45, 7) is 4.80. The van der Waals surface area contributed by atoms with E-state index in [4.69, 9.17) is 5.73 Å². The Balaban J connectivity index is 2.46. The van der Waals surface area contributed by atoms with Gasteiger partial charge in [0.25, 0.3) is 0 Å². The third-order valence-corrected chi connectivity index (χ3v) is 2.36. The van der Waals surface area contributed by atoms with E-state index in [-0.39, 0.29) is 11.8 Å². The van der Waals surface area contributed by atoms with E-state index < -0.39 is 0 Å². The molecule has 90 valence electrons. The molecule has 0 saturated carbocycles. The van der Waals surface area contributed by atoms with E-state index in [9.17, 15) is 4.79 Å². The summed E-state index contributed by atoms with van der Waals surface area (Å²) in [4.78, 5) is 15.7. The van der Waals surface area contributed by atoms with E-state index in [1.165, 1.54) is 6.33 Å². The smallest absolute Gasteiger partial charge is 0.140 e. The molecular formula is C11H20N4O. The second kappa shape index (κ2) is 6.37. The summed E-state index contributed by atoms with van der Waals surface area (Å²) in [7, 11) is 0. The van der Waals surface area contributed by atoms with Crippen molar-refractivity contribution in [2.75, 3.05) is 0 Å². The van der Waals surface area contributed by atoms with Crippen LogP contribution in [-0.4, -0.2) is 26.6 Å². The zero-order chi connectivity index (χ0) is 12.0. The lowest BCUT2D eigenvalue weighted by Crippen LogP contribution is -2.18. The van der Waals surface area contributed by atoms with E-state index in [1.54, 1.807) is 4.68 Å². The Morgan fingerprint density at radius 1 is 1.62 bits per heavy atom. The van der Waals surface area contributed by atoms with Crippen molar-refractivity contribution >= 4 is 5.78 Å². The van der Waals surface area contributed by atoms with Gasteiger partial charge in [0.15, 0.2) is 0 Å². The third kappa shape index (κ3) is 4.10. The van der Waals surface area contributed by atoms with Gasteiger partial charge < -0.3 is 5.73 Å². The van der Waals surface area contributed by atoms with Crippen LogP contribution in [-0.2, 0) is 17.8 Å². The number of hydrogen-bond donors (Lipinski definition) is 1. The van der Waals surface area contributed by atoms with E-state index in [0.29, 0.717) is 12.8 Å². The number of aryl methyl sites for hydroxylation is 1. The molecular weight excluding hydrogens is 204 g/mol. The Morgan fingerprint density at radius 3 is 3.00 bits per heavy atom. The van der Waals surface area contributed by atoms with Gasteiger partial charge in [-0.2, -0.15) is 5.10 Å². The molecule has 0 saturated heterocycles. The molecule has 0 amide bonds. The fraction of sp³-hybridized carbons (Fsp3) is 0.727. The fourth-order valence-corrected chi connectivity index (χ4v) is 1.48. The molecule has 1 aromatic rings. The maximum atomic E-state index is 11.6. The number of ketones is 1. The van der Waals surface area contributed by atoms with Gasteiger partial charge >= 0.3 is 0 Å². The van der Waals surface area contributed by atoms with E-state index in [2.05, 4.69) is 17.0 Å². The molecule has 0 aliphatic heterocycles. The lowest BCUT2D eigenvalue weighted by molar-refractivity contribution is -0.118. The highest BCUT2D eigenvalue weighted by atomic mass is 16.1. The van der Waals surface area contributed by atoms with Gasteiger partial charge in [-0.05, 0) is 19.8 Å². The highest BCUT2D eigenvalue weighted by molar-refractivity contribution is 5.80. The summed E-state index contributed by atoms with van der Waals surface area (Å²) in [6.07, 6.45) is 4.12. The highest BCUT2D eigenvalue weighted by Gasteiger charge is 2.10. The molecule has 0 aliphatic rings. The van der Waals surface area contributed by atoms with Gasteiger partial charge in [-0.1, -0.05) is 6.92 Å². The maximum absolute atomic E-state index is 11.6. The summed E-state index contributed by atoms with van der Waals surface area (Å²) in [6, 6.07) is 0.0810. The Kier molecular flexibility index (Phi) is 5.11. The van der Waals surface area contributed by atoms with Gasteiger partial charge in [-0.15, -0.1) is 0 Å². The number of carbonyl (C=O) groups excluding carboxylic acids is 1. The second-order valence-electron chi connectivity index (χ2n) is 4.13. The molecule has 1 heterocycles. The normalized spacial score (nSPS) is 12.7. The zero-order valence-electron chi connectivity index (χ0n) is 10.0. The molecule has 0 aromatic carbocycles. The molecule has 5 nitrogen and oxygen atoms in total. The molecule has 16 heavy (non-hydrogen) atoms. The molecule has 1 rings (SSSR count). The lowest BCUT2D eigenvalue weighted by atomic mass is 10.1. The average molecular weight is 224 g/mol. The van der Waals surface area contributed by atoms with Crippen molar-refractivity contribution in [3.05, 3.63) is 12.2 Å². The van der Waals surface area contributed by atoms with E-state index in [0.717, 1.165) is 25.2 Å². The molecule has 0 bridgehead atoms. The van der Waals surface area contributed by atoms with Crippen LogP contribution in [0.15, 0.2) is 6.33 Å². The molecule has 1 unspecified atom stereocenters. The predicted octanol–water partition coefficient (Wildman–Crippen LogP) is 0.927. The van der Waals surface area contributed by atoms with Crippen LogP contribution in [0.5, 0.6) is 0 Å². The molecule has 1 aromatic heterocycles. The largest absolute Gasteiger partial charge is 0.328 e. The third-order valence-electron chi connectivity index (χ3n) is 2.36. The number of nitrogens with zero attached hydrogens (tertiary/aromatic N) is 3. The quantitative estimate of drug-likeness (QED) is 0.747. The molecule has 2 N–H and O–H groups in total. The van der Waals surface area contributed by atoms with Crippen molar-refractivity contribution in [1.29, 1.82) is 0 Å². The SMILES string of the molecule is CCCn1ncnc1CC(=O)CCC(C)N. The first-order valence-corrected chi connectivity index (χ1v) is 5.77. The van der Waals surface area contributed by atoms with Crippen molar-refractivity contribution < 1.29 is 4.79 Å². The highest BCUT2D eigenvalue weighted by Crippen LogP contribution is 2.02. The van der Waals surface area contributed by atoms with Crippen LogP contribution in [0, 0.1) is 0 Å². The van der Waals surface area contributed by atoms with Crippen LogP contribution >= 0.6 is 0 Å². The minimum atomic E-state index is 0.0810. The van der Waals surface area contributed by atoms with Crippen molar-refractivity contribution in [2.24, 2.45) is 5.73 Å². The molecule has 0 aliphatic carbocycles. The number of hydrogen-bond acceptors (Lipinski definition) is 4. The molecule has 5 heteroatoms. The fourth-order valence-electron chi connectivity index (χ4n) is 1.48. The average Bonchev–Trinajstić information content (AvgIpc) is 2.63. The van der Waals surface area contributed by atoms with Gasteiger partial charge in [0.1, 0.15) is 17.9 Å². The van der Waals surface area contributed by atoms with Crippen molar-refractivity contribution in [2.45, 2.75) is 52.1 Å². The van der Waals surface area contributed by atoms with Crippen LogP contribution in [0.25, 0.3) is 0 Å². The van der Waals surface area contributed by atoms with Crippen molar-refractivity contribution in [3.63, 3.8) is 0 Å². The topological polar surface area (TPSA) is 73.8 Å². The summed E-state index contributed by atoms with van der Waals surface area (Å²) in [5, 5.41) is 4.08. The van der Waals surface area contributed by atoms with Gasteiger partial charge in [-0.3, -0.25) is 4.79 Å². The first-order valence-electron chi connectivity index (χ1n) is 5.77. The molecule has 0 radical (unpaired) electrons. The van der Waals surface area contributed by atoms with Gasteiger partial charge in [0.05, 0.1) is 6.42 Å². The standard InChI is InChI=1S/C11H20N4O/c1-3-6-15-11(13-8-14-15)7-10(16)5-4-9(2)12/h8-9H,3-7,12H2,1-2H3. The summed E-state index contributed by atoms with van der Waals surface area (Å²) < 4.78 is 1.80. The van der Waals surface area contributed by atoms with Crippen LogP contribution in [0.1, 0.15) is 38.9 Å². The molecule has 1 atom stereocenters. The first kappa shape index (κ1) is 12.8. The summed E-state index contributed by atoms with van der Waals surface area (Å²) in [5.74, 6) is 0.944. The van der Waals surface area contributed by atoms with E-state index in [1.807, 2.05) is 6.92 Å². The molecule has 0 fully saturated rings. The number of nitrogens with two attached hydrogens (primary N) is 1. The molecule has 0 spiro atoms. The lowest BCUT2D eigenvalue weighted by Gasteiger charge is -2.05. The van der Waals surface area contributed by atoms with Gasteiger partial charge in [0.2, 0.25) is 0 Å². The minimum Gasteiger partial charge on any atom is -0.328 e. The Hall–Kier alpha value is -1.23. The van der Waals surface area contributed by atoms with Crippen LogP contribution in [0.2, 0.25) is 0 Å². The maximum Gasteiger partial charge on any atom is 0.140 e. The zero-order valence-corrected chi connectivity index (χ0v) is 10.0. The minimum absolute atomic E-state index is 0.0810. The number of rotatable bonds is 7. The summed E-state index contributed by atoms with van der Waals surface area (Å²) >= 11 is 0. The number of aromatic nitrogens is 3. The van der Waals surface area contributed by atoms with Crippen molar-refractivity contribution in [3.8, 4) is 0 Å². The van der Waals surface area contributed by atoms with Crippen LogP contribution < -0.4 is 5.73 Å². The van der Waals surface area contributed by atoms with Gasteiger partial charge in [-0.25, -0.2) is 9.67 Å². The number of Topliss-reactive ketones (excluding diaryl/α,β-unsaturated/α-hetero) is 1. The number of carbonyl (C=O) groups is 1. The predicted molar refractivity (Wildman–Crippen MR) is 61.9 cm³/mol. The monoisotopic (exact) mass is 224 g/mol. The van der Waals surface area contributed by atoms with Crippen LogP contribution in [0.3, 0.4) is 0 Å².